The lowest BCUT2D eigenvalue weighted by Gasteiger charge is -2.21. The monoisotopic (exact) mass is 606 g/mol. The van der Waals surface area contributed by atoms with Gasteiger partial charge in [0.15, 0.2) is 0 Å². The van der Waals surface area contributed by atoms with Crippen LogP contribution in [0.4, 0.5) is 0 Å². The number of pyridine rings is 2. The maximum absolute atomic E-state index is 11.5. The Bertz CT molecular complexity index is 1830. The van der Waals surface area contributed by atoms with Crippen LogP contribution in [0.5, 0.6) is 23.0 Å². The normalized spacial score (nSPS) is 12.3. The lowest BCUT2D eigenvalue weighted by molar-refractivity contribution is 0.292. The average Bonchev–Trinajstić information content (AvgIpc) is 3.08. The van der Waals surface area contributed by atoms with Crippen LogP contribution in [0, 0.1) is 0 Å². The lowest BCUT2D eigenvalue weighted by Crippen LogP contribution is -2.07. The van der Waals surface area contributed by atoms with Gasteiger partial charge in [0, 0.05) is 38.1 Å². The van der Waals surface area contributed by atoms with Crippen LogP contribution in [-0.4, -0.2) is 20.2 Å². The standard InChI is InChI=1S/C40H34N2O4/c43-37-27-9-5-11-29(37)22-31-13-7-15-33(39(31)45-25-35-17-1-3-19-41-35)24-34-16-8-14-32(23-30-12-6-10-28(21-27)38(30)44)40(34)46-26-36-18-2-4-20-42-36/h1-20,43-44H,21-26H2. The van der Waals surface area contributed by atoms with Gasteiger partial charge in [0.05, 0.1) is 11.4 Å². The molecule has 7 rings (SSSR count). The predicted octanol–water partition coefficient (Wildman–Crippen LogP) is 7.72. The van der Waals surface area contributed by atoms with Crippen molar-refractivity contribution in [1.82, 2.24) is 9.97 Å². The van der Waals surface area contributed by atoms with Crippen molar-refractivity contribution < 1.29 is 19.7 Å². The molecule has 6 heteroatoms. The van der Waals surface area contributed by atoms with Crippen molar-refractivity contribution >= 4 is 0 Å². The molecule has 0 radical (unpaired) electrons. The number of hydrogen-bond acceptors (Lipinski definition) is 6. The van der Waals surface area contributed by atoms with Crippen LogP contribution in [0.3, 0.4) is 0 Å². The van der Waals surface area contributed by atoms with Crippen LogP contribution >= 0.6 is 0 Å². The van der Waals surface area contributed by atoms with Gasteiger partial charge in [-0.25, -0.2) is 0 Å². The third-order valence-corrected chi connectivity index (χ3v) is 8.47. The number of nitrogens with zero attached hydrogens (tertiary/aromatic N) is 2. The molecule has 2 N–H and O–H groups in total. The van der Waals surface area contributed by atoms with Gasteiger partial charge in [-0.3, -0.25) is 9.97 Å². The van der Waals surface area contributed by atoms with Crippen LogP contribution in [0.15, 0.2) is 122 Å². The van der Waals surface area contributed by atoms with Crippen molar-refractivity contribution in [1.29, 1.82) is 0 Å². The zero-order valence-corrected chi connectivity index (χ0v) is 25.4. The second kappa shape index (κ2) is 13.2. The zero-order chi connectivity index (χ0) is 31.3. The van der Waals surface area contributed by atoms with Gasteiger partial charge in [-0.2, -0.15) is 0 Å². The second-order valence-corrected chi connectivity index (χ2v) is 11.6. The summed E-state index contributed by atoms with van der Waals surface area (Å²) in [5.74, 6) is 2.01. The summed E-state index contributed by atoms with van der Waals surface area (Å²) in [6.07, 6.45) is 5.42. The molecule has 0 aliphatic heterocycles. The topological polar surface area (TPSA) is 84.7 Å². The summed E-state index contributed by atoms with van der Waals surface area (Å²) in [7, 11) is 0. The molecular formula is C40H34N2O4. The van der Waals surface area contributed by atoms with Gasteiger partial charge in [-0.15, -0.1) is 0 Å². The Morgan fingerprint density at radius 3 is 1.09 bits per heavy atom. The highest BCUT2D eigenvalue weighted by Crippen LogP contribution is 2.38. The van der Waals surface area contributed by atoms with Crippen molar-refractivity contribution in [2.75, 3.05) is 0 Å². The molecule has 0 saturated heterocycles. The highest BCUT2D eigenvalue weighted by atomic mass is 16.5. The van der Waals surface area contributed by atoms with E-state index in [9.17, 15) is 10.2 Å². The Labute approximate surface area is 268 Å². The van der Waals surface area contributed by atoms with Gasteiger partial charge >= 0.3 is 0 Å². The smallest absolute Gasteiger partial charge is 0.130 e. The molecule has 6 aromatic rings. The number of para-hydroxylation sites is 4. The molecular weight excluding hydrogens is 572 g/mol. The highest BCUT2D eigenvalue weighted by Gasteiger charge is 2.20. The predicted molar refractivity (Wildman–Crippen MR) is 177 cm³/mol. The van der Waals surface area contributed by atoms with E-state index >= 15 is 0 Å². The molecule has 0 amide bonds. The first-order valence-electron chi connectivity index (χ1n) is 15.5. The van der Waals surface area contributed by atoms with Crippen molar-refractivity contribution in [3.05, 3.63) is 177 Å². The van der Waals surface area contributed by atoms with E-state index in [1.807, 2.05) is 84.9 Å². The average molecular weight is 607 g/mol. The summed E-state index contributed by atoms with van der Waals surface area (Å²) in [5.41, 5.74) is 8.69. The molecule has 0 fully saturated rings. The Balaban J connectivity index is 1.37. The van der Waals surface area contributed by atoms with E-state index in [1.54, 1.807) is 12.4 Å². The minimum absolute atomic E-state index is 0.232. The molecule has 0 saturated carbocycles. The van der Waals surface area contributed by atoms with Crippen molar-refractivity contribution in [3.63, 3.8) is 0 Å². The number of benzene rings is 4. The molecule has 0 unspecified atom stereocenters. The van der Waals surface area contributed by atoms with Gasteiger partial charge in [-0.1, -0.05) is 84.9 Å². The van der Waals surface area contributed by atoms with E-state index < -0.39 is 0 Å². The van der Waals surface area contributed by atoms with E-state index in [0.717, 1.165) is 67.4 Å². The van der Waals surface area contributed by atoms with E-state index in [0.29, 0.717) is 38.9 Å². The van der Waals surface area contributed by atoms with Crippen LogP contribution in [0.25, 0.3) is 0 Å². The summed E-state index contributed by atoms with van der Waals surface area (Å²) in [6, 6.07) is 35.6. The summed E-state index contributed by atoms with van der Waals surface area (Å²) in [5, 5.41) is 22.9. The summed E-state index contributed by atoms with van der Waals surface area (Å²) < 4.78 is 13.1. The molecule has 0 spiro atoms. The number of hydrogen-bond donors (Lipinski definition) is 2. The van der Waals surface area contributed by atoms with Gasteiger partial charge in [-0.05, 0) is 68.8 Å². The second-order valence-electron chi connectivity index (χ2n) is 11.6. The number of phenols is 2. The van der Waals surface area contributed by atoms with E-state index in [4.69, 9.17) is 9.47 Å². The van der Waals surface area contributed by atoms with Crippen molar-refractivity contribution in [2.45, 2.75) is 38.9 Å². The van der Waals surface area contributed by atoms with E-state index in [-0.39, 0.29) is 11.5 Å². The van der Waals surface area contributed by atoms with Gasteiger partial charge < -0.3 is 19.7 Å². The number of phenolic OH excluding ortho intramolecular Hbond substituents is 2. The quantitative estimate of drug-likeness (QED) is 0.202. The number of ether oxygens (including phenoxy) is 2. The van der Waals surface area contributed by atoms with Gasteiger partial charge in [0.25, 0.3) is 0 Å². The Morgan fingerprint density at radius 1 is 0.413 bits per heavy atom. The Kier molecular flexibility index (Phi) is 8.33. The minimum atomic E-state index is 0.232. The fourth-order valence-electron chi connectivity index (χ4n) is 6.14. The van der Waals surface area contributed by atoms with Gasteiger partial charge in [0.1, 0.15) is 36.2 Å². The van der Waals surface area contributed by atoms with E-state index in [1.165, 1.54) is 0 Å². The molecule has 4 aromatic carbocycles. The van der Waals surface area contributed by atoms with Crippen LogP contribution in [-0.2, 0) is 38.9 Å². The zero-order valence-electron chi connectivity index (χ0n) is 25.4. The van der Waals surface area contributed by atoms with Crippen molar-refractivity contribution in [3.8, 4) is 23.0 Å². The number of aromatic nitrogens is 2. The molecule has 6 nitrogen and oxygen atoms in total. The highest BCUT2D eigenvalue weighted by molar-refractivity contribution is 5.55. The SMILES string of the molecule is Oc1c2cccc1Cc1cccc(c1OCc1ccccn1)Cc1cccc(c1OCc1ccccn1)Cc1cccc(c1O)C2. The summed E-state index contributed by atoms with van der Waals surface area (Å²) in [4.78, 5) is 8.94. The maximum Gasteiger partial charge on any atom is 0.130 e. The fourth-order valence-corrected chi connectivity index (χ4v) is 6.14. The van der Waals surface area contributed by atoms with E-state index in [2.05, 4.69) is 34.2 Å². The fraction of sp³-hybridized carbons (Fsp3) is 0.150. The first kappa shape index (κ1) is 29.1. The molecule has 46 heavy (non-hydrogen) atoms. The third-order valence-electron chi connectivity index (χ3n) is 8.47. The first-order valence-corrected chi connectivity index (χ1v) is 15.5. The Hall–Kier alpha value is -5.62. The van der Waals surface area contributed by atoms with Crippen LogP contribution in [0.2, 0.25) is 0 Å². The summed E-state index contributed by atoms with van der Waals surface area (Å²) in [6.45, 7) is 0.627. The maximum atomic E-state index is 11.5. The molecule has 1 aliphatic carbocycles. The minimum Gasteiger partial charge on any atom is -0.507 e. The summed E-state index contributed by atoms with van der Waals surface area (Å²) >= 11 is 0. The lowest BCUT2D eigenvalue weighted by atomic mass is 9.91. The number of rotatable bonds is 6. The molecule has 228 valence electrons. The molecule has 8 bridgehead atoms. The third kappa shape index (κ3) is 6.28. The van der Waals surface area contributed by atoms with Gasteiger partial charge in [0.2, 0.25) is 0 Å². The largest absolute Gasteiger partial charge is 0.507 e. The van der Waals surface area contributed by atoms with Crippen LogP contribution in [0.1, 0.15) is 55.9 Å². The number of aromatic hydroxyl groups is 2. The molecule has 1 aliphatic rings. The molecule has 2 aromatic heterocycles. The Morgan fingerprint density at radius 2 is 0.739 bits per heavy atom. The van der Waals surface area contributed by atoms with Crippen molar-refractivity contribution in [2.24, 2.45) is 0 Å². The number of fused-ring (bicyclic) bond motifs is 8. The van der Waals surface area contributed by atoms with Crippen LogP contribution < -0.4 is 9.47 Å². The first-order chi connectivity index (χ1) is 22.6. The molecule has 2 heterocycles. The molecule has 0 atom stereocenters.